The molecule has 0 aliphatic heterocycles. The number of halogens is 2. The number of aromatic nitrogens is 2. The van der Waals surface area contributed by atoms with Crippen molar-refractivity contribution in [2.24, 2.45) is 0 Å². The molecule has 1 heterocycles. The molecule has 2 rings (SSSR count). The van der Waals surface area contributed by atoms with Crippen LogP contribution in [0.4, 0.5) is 8.78 Å². The molecule has 0 bridgehead atoms. The fraction of sp³-hybridized carbons (Fsp3) is 0.154. The topological polar surface area (TPSA) is 81.3 Å². The predicted molar refractivity (Wildman–Crippen MR) is 68.8 cm³/mol. The molecule has 110 valence electrons. The Hall–Kier alpha value is -2.77. The molecule has 1 aromatic heterocycles. The first-order valence-electron chi connectivity index (χ1n) is 5.92. The summed E-state index contributed by atoms with van der Waals surface area (Å²) in [5.74, 6) is -3.90. The van der Waals surface area contributed by atoms with Crippen LogP contribution in [-0.4, -0.2) is 20.2 Å². The smallest absolute Gasteiger partial charge is 0.342 e. The maximum Gasteiger partial charge on any atom is 0.342 e. The van der Waals surface area contributed by atoms with Crippen LogP contribution < -0.4 is 11.2 Å². The highest BCUT2D eigenvalue weighted by Crippen LogP contribution is 2.10. The highest BCUT2D eigenvalue weighted by molar-refractivity contribution is 5.86. The first-order valence-corrected chi connectivity index (χ1v) is 5.92. The van der Waals surface area contributed by atoms with Crippen LogP contribution >= 0.6 is 0 Å². The lowest BCUT2D eigenvalue weighted by molar-refractivity contribution is 0.0693. The molecule has 0 aliphatic rings. The summed E-state index contributed by atoms with van der Waals surface area (Å²) in [7, 11) is 0. The molecule has 6 nitrogen and oxygen atoms in total. The van der Waals surface area contributed by atoms with Crippen molar-refractivity contribution in [1.29, 1.82) is 0 Å². The van der Waals surface area contributed by atoms with Gasteiger partial charge in [-0.1, -0.05) is 0 Å². The maximum absolute atomic E-state index is 13.3. The summed E-state index contributed by atoms with van der Waals surface area (Å²) >= 11 is 0. The highest BCUT2D eigenvalue weighted by Gasteiger charge is 2.18. The number of benzene rings is 1. The van der Waals surface area contributed by atoms with Crippen LogP contribution in [-0.2, 0) is 6.54 Å². The van der Waals surface area contributed by atoms with E-state index in [0.29, 0.717) is 10.6 Å². The molecule has 0 unspecified atom stereocenters. The van der Waals surface area contributed by atoms with Crippen molar-refractivity contribution in [3.8, 4) is 5.69 Å². The second-order valence-corrected chi connectivity index (χ2v) is 4.16. The monoisotopic (exact) mass is 296 g/mol. The van der Waals surface area contributed by atoms with Crippen molar-refractivity contribution < 1.29 is 18.7 Å². The molecule has 0 atom stereocenters. The van der Waals surface area contributed by atoms with Gasteiger partial charge in [0.2, 0.25) is 0 Å². The zero-order valence-corrected chi connectivity index (χ0v) is 10.8. The van der Waals surface area contributed by atoms with Gasteiger partial charge < -0.3 is 5.11 Å². The van der Waals surface area contributed by atoms with E-state index in [9.17, 15) is 23.2 Å². The van der Waals surface area contributed by atoms with Crippen LogP contribution in [0.2, 0.25) is 0 Å². The number of aromatic carboxylic acids is 1. The second-order valence-electron chi connectivity index (χ2n) is 4.16. The number of carbonyl (C=O) groups is 1. The lowest BCUT2D eigenvalue weighted by atomic mass is 10.2. The standard InChI is InChI=1S/C13H10F2N2O4/c1-2-16-6-8(12(19)20)11(18)17(13(16)21)7-3-4-9(14)10(15)5-7/h3-6H,2H2,1H3,(H,19,20). The molecule has 8 heteroatoms. The summed E-state index contributed by atoms with van der Waals surface area (Å²) in [6.45, 7) is 1.69. The fourth-order valence-corrected chi connectivity index (χ4v) is 1.83. The minimum absolute atomic E-state index is 0.114. The van der Waals surface area contributed by atoms with Gasteiger partial charge in [-0.05, 0) is 19.1 Å². The molecule has 0 radical (unpaired) electrons. The molecule has 0 amide bonds. The van der Waals surface area contributed by atoms with Crippen molar-refractivity contribution in [1.82, 2.24) is 9.13 Å². The third-order valence-electron chi connectivity index (χ3n) is 2.89. The zero-order chi connectivity index (χ0) is 15.7. The number of hydrogen-bond acceptors (Lipinski definition) is 3. The molecule has 0 aliphatic carbocycles. The molecule has 1 aromatic carbocycles. The molecule has 0 spiro atoms. The first kappa shape index (κ1) is 14.6. The summed E-state index contributed by atoms with van der Waals surface area (Å²) < 4.78 is 27.7. The van der Waals surface area contributed by atoms with Gasteiger partial charge in [0.05, 0.1) is 5.69 Å². The Morgan fingerprint density at radius 2 is 1.90 bits per heavy atom. The second kappa shape index (κ2) is 5.31. The molecular weight excluding hydrogens is 286 g/mol. The lowest BCUT2D eigenvalue weighted by Crippen LogP contribution is -2.41. The molecule has 0 saturated heterocycles. The third-order valence-corrected chi connectivity index (χ3v) is 2.89. The summed E-state index contributed by atoms with van der Waals surface area (Å²) in [4.78, 5) is 35.2. The molecule has 0 saturated carbocycles. The van der Waals surface area contributed by atoms with Gasteiger partial charge in [0, 0.05) is 18.8 Å². The van der Waals surface area contributed by atoms with Gasteiger partial charge in [-0.25, -0.2) is 22.9 Å². The van der Waals surface area contributed by atoms with E-state index in [1.807, 2.05) is 0 Å². The van der Waals surface area contributed by atoms with E-state index in [1.165, 1.54) is 0 Å². The van der Waals surface area contributed by atoms with Gasteiger partial charge in [0.25, 0.3) is 5.56 Å². The van der Waals surface area contributed by atoms with Crippen LogP contribution in [0.5, 0.6) is 0 Å². The van der Waals surface area contributed by atoms with Gasteiger partial charge in [-0.15, -0.1) is 0 Å². The van der Waals surface area contributed by atoms with Gasteiger partial charge in [-0.3, -0.25) is 9.36 Å². The van der Waals surface area contributed by atoms with Crippen LogP contribution in [0, 0.1) is 11.6 Å². The Morgan fingerprint density at radius 3 is 2.43 bits per heavy atom. The number of rotatable bonds is 3. The largest absolute Gasteiger partial charge is 0.477 e. The van der Waals surface area contributed by atoms with Gasteiger partial charge in [-0.2, -0.15) is 0 Å². The van der Waals surface area contributed by atoms with E-state index in [-0.39, 0.29) is 12.2 Å². The Labute approximate surface area is 116 Å². The first-order chi connectivity index (χ1) is 9.86. The van der Waals surface area contributed by atoms with Gasteiger partial charge >= 0.3 is 11.7 Å². The summed E-state index contributed by atoms with van der Waals surface area (Å²) in [6, 6.07) is 2.43. The quantitative estimate of drug-likeness (QED) is 0.916. The molecule has 0 fully saturated rings. The minimum atomic E-state index is -1.52. The van der Waals surface area contributed by atoms with Crippen molar-refractivity contribution in [2.45, 2.75) is 13.5 Å². The van der Waals surface area contributed by atoms with Crippen molar-refractivity contribution in [2.75, 3.05) is 0 Å². The lowest BCUT2D eigenvalue weighted by Gasteiger charge is -2.10. The van der Waals surface area contributed by atoms with E-state index >= 15 is 0 Å². The van der Waals surface area contributed by atoms with Crippen molar-refractivity contribution >= 4 is 5.97 Å². The van der Waals surface area contributed by atoms with Crippen LogP contribution in [0.1, 0.15) is 17.3 Å². The van der Waals surface area contributed by atoms with E-state index < -0.39 is 34.4 Å². The average Bonchev–Trinajstić information content (AvgIpc) is 2.42. The van der Waals surface area contributed by atoms with Crippen molar-refractivity contribution in [3.63, 3.8) is 0 Å². The fourth-order valence-electron chi connectivity index (χ4n) is 1.83. The van der Waals surface area contributed by atoms with Crippen LogP contribution in [0.25, 0.3) is 5.69 Å². The van der Waals surface area contributed by atoms with E-state index in [2.05, 4.69) is 0 Å². The Balaban J connectivity index is 2.87. The van der Waals surface area contributed by atoms with E-state index in [1.54, 1.807) is 6.92 Å². The highest BCUT2D eigenvalue weighted by atomic mass is 19.2. The SMILES string of the molecule is CCn1cc(C(=O)O)c(=O)n(-c2ccc(F)c(F)c2)c1=O. The maximum atomic E-state index is 13.3. The number of nitrogens with zero attached hydrogens (tertiary/aromatic N) is 2. The van der Waals surface area contributed by atoms with Gasteiger partial charge in [0.15, 0.2) is 11.6 Å². The Kier molecular flexibility index (Phi) is 3.70. The van der Waals surface area contributed by atoms with E-state index in [0.717, 1.165) is 22.9 Å². The third kappa shape index (κ3) is 2.47. The molecular formula is C13H10F2N2O4. The molecule has 1 N–H and O–H groups in total. The summed E-state index contributed by atoms with van der Waals surface area (Å²) in [5.41, 5.74) is -2.82. The van der Waals surface area contributed by atoms with Crippen LogP contribution in [0.3, 0.4) is 0 Å². The molecule has 2 aromatic rings. The predicted octanol–water partition coefficient (Wildman–Crippen LogP) is 0.996. The average molecular weight is 296 g/mol. The van der Waals surface area contributed by atoms with Crippen LogP contribution in [0.15, 0.2) is 34.0 Å². The Morgan fingerprint density at radius 1 is 1.24 bits per heavy atom. The number of aryl methyl sites for hydroxylation is 1. The number of carboxylic acid groups (broad SMARTS) is 1. The number of carboxylic acids is 1. The van der Waals surface area contributed by atoms with E-state index in [4.69, 9.17) is 5.11 Å². The summed E-state index contributed by atoms with van der Waals surface area (Å²) in [5, 5.41) is 8.98. The van der Waals surface area contributed by atoms with Gasteiger partial charge in [0.1, 0.15) is 5.56 Å². The molecule has 21 heavy (non-hydrogen) atoms. The minimum Gasteiger partial charge on any atom is -0.477 e. The normalized spacial score (nSPS) is 10.6. The Bertz CT molecular complexity index is 839. The summed E-state index contributed by atoms with van der Waals surface area (Å²) in [6.07, 6.45) is 0.920. The zero-order valence-electron chi connectivity index (χ0n) is 10.8. The van der Waals surface area contributed by atoms with Crippen molar-refractivity contribution in [3.05, 3.63) is 62.4 Å². The number of hydrogen-bond donors (Lipinski definition) is 1.